The minimum atomic E-state index is -0.512. The third-order valence-electron chi connectivity index (χ3n) is 4.54. The standard InChI is InChI=1S/C22H24N4O6/c1-5-26-19(21(28)25(2)3)17(12-23-26)24-20(27)18-11-10-16(32-18)13-31-15-8-6-14(7-9-15)22(29)30-4/h6-12H,5,13H2,1-4H3,(H,24,27). The zero-order valence-electron chi connectivity index (χ0n) is 18.2. The smallest absolute Gasteiger partial charge is 0.337 e. The highest BCUT2D eigenvalue weighted by atomic mass is 16.5. The van der Waals surface area contributed by atoms with E-state index in [0.717, 1.165) is 0 Å². The van der Waals surface area contributed by atoms with E-state index in [-0.39, 0.29) is 24.0 Å². The van der Waals surface area contributed by atoms with Crippen LogP contribution in [0.3, 0.4) is 0 Å². The molecule has 1 N–H and O–H groups in total. The van der Waals surface area contributed by atoms with Crippen molar-refractivity contribution in [3.63, 3.8) is 0 Å². The maximum Gasteiger partial charge on any atom is 0.337 e. The highest BCUT2D eigenvalue weighted by Crippen LogP contribution is 2.20. The van der Waals surface area contributed by atoms with E-state index in [1.807, 2.05) is 6.92 Å². The fourth-order valence-electron chi connectivity index (χ4n) is 2.87. The Morgan fingerprint density at radius 3 is 2.47 bits per heavy atom. The molecule has 2 amide bonds. The second kappa shape index (κ2) is 9.82. The number of carbonyl (C=O) groups is 3. The van der Waals surface area contributed by atoms with Crippen LogP contribution in [0.1, 0.15) is 44.1 Å². The lowest BCUT2D eigenvalue weighted by atomic mass is 10.2. The van der Waals surface area contributed by atoms with Crippen molar-refractivity contribution in [3.8, 4) is 5.75 Å². The Balaban J connectivity index is 1.65. The Kier molecular flexibility index (Phi) is 6.93. The van der Waals surface area contributed by atoms with Gasteiger partial charge in [0.15, 0.2) is 5.76 Å². The van der Waals surface area contributed by atoms with E-state index in [1.165, 1.54) is 29.0 Å². The fraction of sp³-hybridized carbons (Fsp3) is 0.273. The van der Waals surface area contributed by atoms with Gasteiger partial charge in [0.05, 0.1) is 24.6 Å². The van der Waals surface area contributed by atoms with Crippen LogP contribution in [0.5, 0.6) is 5.75 Å². The molecule has 10 heteroatoms. The Morgan fingerprint density at radius 2 is 1.84 bits per heavy atom. The zero-order valence-corrected chi connectivity index (χ0v) is 18.2. The Labute approximate surface area is 184 Å². The third-order valence-corrected chi connectivity index (χ3v) is 4.54. The van der Waals surface area contributed by atoms with E-state index in [4.69, 9.17) is 9.15 Å². The second-order valence-corrected chi connectivity index (χ2v) is 6.95. The molecule has 0 saturated carbocycles. The van der Waals surface area contributed by atoms with Crippen LogP contribution in [0.25, 0.3) is 0 Å². The van der Waals surface area contributed by atoms with E-state index < -0.39 is 11.9 Å². The van der Waals surface area contributed by atoms with Crippen LogP contribution in [-0.4, -0.2) is 53.7 Å². The van der Waals surface area contributed by atoms with Gasteiger partial charge >= 0.3 is 5.97 Å². The number of nitrogens with zero attached hydrogens (tertiary/aromatic N) is 3. The molecule has 2 heterocycles. The first kappa shape index (κ1) is 22.6. The van der Waals surface area contributed by atoms with Gasteiger partial charge in [-0.15, -0.1) is 0 Å². The quantitative estimate of drug-likeness (QED) is 0.536. The van der Waals surface area contributed by atoms with Crippen molar-refractivity contribution in [2.24, 2.45) is 0 Å². The van der Waals surface area contributed by atoms with Gasteiger partial charge in [0.2, 0.25) is 0 Å². The fourth-order valence-corrected chi connectivity index (χ4v) is 2.87. The number of hydrogen-bond acceptors (Lipinski definition) is 7. The van der Waals surface area contributed by atoms with E-state index in [2.05, 4.69) is 15.2 Å². The molecular weight excluding hydrogens is 416 g/mol. The number of amides is 2. The minimum Gasteiger partial charge on any atom is -0.486 e. The molecule has 3 aromatic rings. The highest BCUT2D eigenvalue weighted by Gasteiger charge is 2.22. The summed E-state index contributed by atoms with van der Waals surface area (Å²) in [5, 5.41) is 6.83. The molecule has 0 unspecified atom stereocenters. The second-order valence-electron chi connectivity index (χ2n) is 6.95. The molecule has 0 radical (unpaired) electrons. The van der Waals surface area contributed by atoms with E-state index in [1.54, 1.807) is 44.4 Å². The van der Waals surface area contributed by atoms with Gasteiger partial charge in [-0.3, -0.25) is 14.3 Å². The summed E-state index contributed by atoms with van der Waals surface area (Å²) in [6.45, 7) is 2.42. The molecule has 0 spiro atoms. The van der Waals surface area contributed by atoms with Crippen molar-refractivity contribution in [3.05, 3.63) is 65.4 Å². The summed E-state index contributed by atoms with van der Waals surface area (Å²) in [6.07, 6.45) is 1.43. The molecule has 0 aliphatic heterocycles. The lowest BCUT2D eigenvalue weighted by Crippen LogP contribution is -2.26. The van der Waals surface area contributed by atoms with E-state index in [9.17, 15) is 14.4 Å². The summed E-state index contributed by atoms with van der Waals surface area (Å²) < 4.78 is 17.4. The minimum absolute atomic E-state index is 0.0668. The molecule has 0 atom stereocenters. The van der Waals surface area contributed by atoms with Crippen molar-refractivity contribution in [2.45, 2.75) is 20.1 Å². The van der Waals surface area contributed by atoms with Crippen molar-refractivity contribution in [1.29, 1.82) is 0 Å². The molecule has 0 aliphatic carbocycles. The average molecular weight is 440 g/mol. The van der Waals surface area contributed by atoms with Crippen molar-refractivity contribution >= 4 is 23.5 Å². The summed E-state index contributed by atoms with van der Waals surface area (Å²) in [6, 6.07) is 9.59. The topological polar surface area (TPSA) is 116 Å². The molecule has 1 aromatic carbocycles. The number of carbonyl (C=O) groups excluding carboxylic acids is 3. The average Bonchev–Trinajstić information content (AvgIpc) is 3.43. The Morgan fingerprint density at radius 1 is 1.12 bits per heavy atom. The molecular formula is C22H24N4O6. The SMILES string of the molecule is CCn1ncc(NC(=O)c2ccc(COc3ccc(C(=O)OC)cc3)o2)c1C(=O)N(C)C. The maximum absolute atomic E-state index is 12.6. The molecule has 0 aliphatic rings. The van der Waals surface area contributed by atoms with Gasteiger partial charge in [0.1, 0.15) is 23.8 Å². The zero-order chi connectivity index (χ0) is 23.3. The predicted octanol–water partition coefficient (Wildman–Crippen LogP) is 2.82. The monoisotopic (exact) mass is 440 g/mol. The van der Waals surface area contributed by atoms with Crippen LogP contribution < -0.4 is 10.1 Å². The number of aryl methyl sites for hydroxylation is 1. The van der Waals surface area contributed by atoms with Crippen LogP contribution in [0, 0.1) is 0 Å². The summed E-state index contributed by atoms with van der Waals surface area (Å²) in [5.41, 5.74) is 1.00. The largest absolute Gasteiger partial charge is 0.486 e. The van der Waals surface area contributed by atoms with Gasteiger partial charge in [0.25, 0.3) is 11.8 Å². The summed E-state index contributed by atoms with van der Waals surface area (Å²) in [5.74, 6) is -0.191. The molecule has 10 nitrogen and oxygen atoms in total. The number of rotatable bonds is 8. The van der Waals surface area contributed by atoms with Gasteiger partial charge in [-0.05, 0) is 43.3 Å². The van der Waals surface area contributed by atoms with Crippen molar-refractivity contribution in [2.75, 3.05) is 26.5 Å². The molecule has 0 bridgehead atoms. The first-order valence-corrected chi connectivity index (χ1v) is 9.82. The van der Waals surface area contributed by atoms with Gasteiger partial charge in [0, 0.05) is 20.6 Å². The van der Waals surface area contributed by atoms with Crippen LogP contribution in [0.2, 0.25) is 0 Å². The number of methoxy groups -OCH3 is 1. The first-order chi connectivity index (χ1) is 15.3. The van der Waals surface area contributed by atoms with Gasteiger partial charge in [-0.25, -0.2) is 4.79 Å². The molecule has 0 fully saturated rings. The molecule has 3 rings (SSSR count). The van der Waals surface area contributed by atoms with Crippen molar-refractivity contribution in [1.82, 2.24) is 14.7 Å². The number of aromatic nitrogens is 2. The predicted molar refractivity (Wildman–Crippen MR) is 115 cm³/mol. The van der Waals surface area contributed by atoms with Crippen LogP contribution in [0.4, 0.5) is 5.69 Å². The number of furan rings is 1. The lowest BCUT2D eigenvalue weighted by molar-refractivity contribution is 0.0600. The Hall–Kier alpha value is -4.08. The third kappa shape index (κ3) is 4.97. The van der Waals surface area contributed by atoms with Crippen molar-refractivity contribution < 1.29 is 28.3 Å². The molecule has 168 valence electrons. The number of hydrogen-bond donors (Lipinski definition) is 1. The van der Waals surface area contributed by atoms with Crippen LogP contribution in [-0.2, 0) is 17.9 Å². The van der Waals surface area contributed by atoms with Gasteiger partial charge < -0.3 is 24.1 Å². The molecule has 32 heavy (non-hydrogen) atoms. The van der Waals surface area contributed by atoms with E-state index in [0.29, 0.717) is 29.3 Å². The van der Waals surface area contributed by atoms with Crippen LogP contribution >= 0.6 is 0 Å². The summed E-state index contributed by atoms with van der Waals surface area (Å²) in [4.78, 5) is 38.0. The highest BCUT2D eigenvalue weighted by molar-refractivity contribution is 6.07. The molecule has 2 aromatic heterocycles. The van der Waals surface area contributed by atoms with Gasteiger partial charge in [-0.2, -0.15) is 5.10 Å². The summed E-state index contributed by atoms with van der Waals surface area (Å²) in [7, 11) is 4.57. The maximum atomic E-state index is 12.6. The molecule has 0 saturated heterocycles. The number of nitrogens with one attached hydrogen (secondary N) is 1. The number of benzene rings is 1. The van der Waals surface area contributed by atoms with E-state index >= 15 is 0 Å². The first-order valence-electron chi connectivity index (χ1n) is 9.82. The number of anilines is 1. The van der Waals surface area contributed by atoms with Crippen LogP contribution in [0.15, 0.2) is 47.0 Å². The van der Waals surface area contributed by atoms with Gasteiger partial charge in [-0.1, -0.05) is 0 Å². The number of ether oxygens (including phenoxy) is 2. The normalized spacial score (nSPS) is 10.5. The lowest BCUT2D eigenvalue weighted by Gasteiger charge is -2.13. The number of esters is 1. The Bertz CT molecular complexity index is 1110. The summed E-state index contributed by atoms with van der Waals surface area (Å²) >= 11 is 0.